The van der Waals surface area contributed by atoms with Gasteiger partial charge in [-0.05, 0) is 13.0 Å². The summed E-state index contributed by atoms with van der Waals surface area (Å²) in [4.78, 5) is 29.2. The summed E-state index contributed by atoms with van der Waals surface area (Å²) in [6, 6.07) is 13.0. The van der Waals surface area contributed by atoms with Crippen LogP contribution in [0.25, 0.3) is 10.6 Å². The second-order valence-electron chi connectivity index (χ2n) is 5.51. The number of carbonyl (C=O) groups is 1. The summed E-state index contributed by atoms with van der Waals surface area (Å²) >= 11 is 1.53. The maximum absolute atomic E-state index is 12.1. The molecule has 3 aromatic rings. The average molecular weight is 354 g/mol. The highest BCUT2D eigenvalue weighted by Gasteiger charge is 2.12. The molecule has 0 aliphatic heterocycles. The van der Waals surface area contributed by atoms with Gasteiger partial charge in [0.15, 0.2) is 0 Å². The van der Waals surface area contributed by atoms with Crippen LogP contribution in [0.15, 0.2) is 53.5 Å². The Labute approximate surface area is 149 Å². The van der Waals surface area contributed by atoms with Crippen LogP contribution in [0.4, 0.5) is 0 Å². The maximum atomic E-state index is 12.1. The third-order valence-corrected chi connectivity index (χ3v) is 4.87. The maximum Gasteiger partial charge on any atom is 0.266 e. The van der Waals surface area contributed by atoms with Crippen LogP contribution in [-0.2, 0) is 17.8 Å². The van der Waals surface area contributed by atoms with Crippen LogP contribution < -0.4 is 10.9 Å². The molecule has 2 heterocycles. The Morgan fingerprint density at radius 3 is 2.76 bits per heavy atom. The molecule has 0 fully saturated rings. The van der Waals surface area contributed by atoms with Crippen LogP contribution in [0.3, 0.4) is 0 Å². The van der Waals surface area contributed by atoms with Crippen molar-refractivity contribution in [1.29, 1.82) is 0 Å². The van der Waals surface area contributed by atoms with E-state index in [1.54, 1.807) is 12.3 Å². The predicted octanol–water partition coefficient (Wildman–Crippen LogP) is 2.03. The van der Waals surface area contributed by atoms with Crippen molar-refractivity contribution in [2.75, 3.05) is 6.54 Å². The van der Waals surface area contributed by atoms with Gasteiger partial charge in [0.1, 0.15) is 5.01 Å². The van der Waals surface area contributed by atoms with Crippen molar-refractivity contribution in [3.05, 3.63) is 69.6 Å². The summed E-state index contributed by atoms with van der Waals surface area (Å²) in [6.45, 7) is 2.63. The SMILES string of the molecule is Cc1nc(-c2ccccc2)sc1CC(=O)NCCn1ncccc1=O. The number of thiazole rings is 1. The van der Waals surface area contributed by atoms with Gasteiger partial charge in [-0.25, -0.2) is 9.67 Å². The number of nitrogens with zero attached hydrogens (tertiary/aromatic N) is 3. The molecule has 1 aromatic carbocycles. The van der Waals surface area contributed by atoms with Gasteiger partial charge in [0.2, 0.25) is 5.91 Å². The number of hydrogen-bond acceptors (Lipinski definition) is 5. The minimum atomic E-state index is -0.178. The van der Waals surface area contributed by atoms with Crippen molar-refractivity contribution >= 4 is 17.2 Å². The Bertz CT molecular complexity index is 918. The van der Waals surface area contributed by atoms with Gasteiger partial charge in [0, 0.05) is 29.2 Å². The first-order chi connectivity index (χ1) is 12.1. The molecule has 0 bridgehead atoms. The van der Waals surface area contributed by atoms with E-state index in [1.807, 2.05) is 37.3 Å². The fraction of sp³-hybridized carbons (Fsp3) is 0.222. The van der Waals surface area contributed by atoms with E-state index in [4.69, 9.17) is 0 Å². The summed E-state index contributed by atoms with van der Waals surface area (Å²) in [6.07, 6.45) is 1.84. The van der Waals surface area contributed by atoms with E-state index >= 15 is 0 Å². The molecule has 6 nitrogen and oxygen atoms in total. The van der Waals surface area contributed by atoms with Gasteiger partial charge in [-0.3, -0.25) is 9.59 Å². The van der Waals surface area contributed by atoms with Gasteiger partial charge in [-0.2, -0.15) is 5.10 Å². The van der Waals surface area contributed by atoms with Crippen molar-refractivity contribution in [1.82, 2.24) is 20.1 Å². The van der Waals surface area contributed by atoms with Gasteiger partial charge < -0.3 is 5.32 Å². The molecule has 0 unspecified atom stereocenters. The summed E-state index contributed by atoms with van der Waals surface area (Å²) < 4.78 is 1.33. The van der Waals surface area contributed by atoms with Crippen molar-refractivity contribution in [2.45, 2.75) is 19.9 Å². The fourth-order valence-corrected chi connectivity index (χ4v) is 3.43. The number of amides is 1. The van der Waals surface area contributed by atoms with E-state index < -0.39 is 0 Å². The lowest BCUT2D eigenvalue weighted by atomic mass is 10.2. The van der Waals surface area contributed by atoms with Gasteiger partial charge in [0.25, 0.3) is 5.56 Å². The first kappa shape index (κ1) is 17.0. The van der Waals surface area contributed by atoms with Crippen LogP contribution in [0.1, 0.15) is 10.6 Å². The predicted molar refractivity (Wildman–Crippen MR) is 97.5 cm³/mol. The van der Waals surface area contributed by atoms with Crippen LogP contribution >= 0.6 is 11.3 Å². The Morgan fingerprint density at radius 1 is 1.20 bits per heavy atom. The van der Waals surface area contributed by atoms with Gasteiger partial charge in [0.05, 0.1) is 18.7 Å². The summed E-state index contributed by atoms with van der Waals surface area (Å²) in [5, 5.41) is 7.70. The minimum absolute atomic E-state index is 0.0876. The lowest BCUT2D eigenvalue weighted by Gasteiger charge is -2.05. The first-order valence-electron chi connectivity index (χ1n) is 7.94. The second kappa shape index (κ2) is 7.85. The highest BCUT2D eigenvalue weighted by molar-refractivity contribution is 7.15. The number of nitrogens with one attached hydrogen (secondary N) is 1. The van der Waals surface area contributed by atoms with Crippen molar-refractivity contribution in [2.24, 2.45) is 0 Å². The summed E-state index contributed by atoms with van der Waals surface area (Å²) in [5.41, 5.74) is 1.75. The second-order valence-corrected chi connectivity index (χ2v) is 6.59. The third kappa shape index (κ3) is 4.39. The molecule has 0 aliphatic carbocycles. The lowest BCUT2D eigenvalue weighted by Crippen LogP contribution is -2.32. The van der Waals surface area contributed by atoms with Crippen molar-refractivity contribution in [3.63, 3.8) is 0 Å². The molecule has 0 spiro atoms. The standard InChI is InChI=1S/C18H18N4O2S/c1-13-15(25-18(21-13)14-6-3-2-4-7-14)12-16(23)19-10-11-22-17(24)8-5-9-20-22/h2-9H,10-12H2,1H3,(H,19,23). The first-order valence-corrected chi connectivity index (χ1v) is 8.75. The molecular weight excluding hydrogens is 336 g/mol. The normalized spacial score (nSPS) is 10.6. The highest BCUT2D eigenvalue weighted by Crippen LogP contribution is 2.27. The van der Waals surface area contributed by atoms with Gasteiger partial charge in [-0.1, -0.05) is 30.3 Å². The topological polar surface area (TPSA) is 76.9 Å². The number of hydrogen-bond donors (Lipinski definition) is 1. The molecular formula is C18H18N4O2S. The van der Waals surface area contributed by atoms with E-state index in [1.165, 1.54) is 22.1 Å². The summed E-state index contributed by atoms with van der Waals surface area (Å²) in [7, 11) is 0. The molecule has 128 valence electrons. The fourth-order valence-electron chi connectivity index (χ4n) is 2.36. The monoisotopic (exact) mass is 354 g/mol. The van der Waals surface area contributed by atoms with E-state index in [0.29, 0.717) is 13.1 Å². The quantitative estimate of drug-likeness (QED) is 0.735. The van der Waals surface area contributed by atoms with E-state index in [2.05, 4.69) is 15.4 Å². The molecule has 0 atom stereocenters. The number of benzene rings is 1. The number of aromatic nitrogens is 3. The van der Waals surface area contributed by atoms with Crippen molar-refractivity contribution < 1.29 is 4.79 Å². The number of carbonyl (C=O) groups excluding carboxylic acids is 1. The van der Waals surface area contributed by atoms with Crippen LogP contribution in [0.2, 0.25) is 0 Å². The highest BCUT2D eigenvalue weighted by atomic mass is 32.1. The molecule has 7 heteroatoms. The zero-order valence-electron chi connectivity index (χ0n) is 13.8. The zero-order valence-corrected chi connectivity index (χ0v) is 14.6. The molecule has 25 heavy (non-hydrogen) atoms. The smallest absolute Gasteiger partial charge is 0.266 e. The van der Waals surface area contributed by atoms with Crippen LogP contribution in [0.5, 0.6) is 0 Å². The van der Waals surface area contributed by atoms with E-state index in [9.17, 15) is 9.59 Å². The van der Waals surface area contributed by atoms with E-state index in [-0.39, 0.29) is 17.9 Å². The molecule has 0 saturated heterocycles. The summed E-state index contributed by atoms with van der Waals surface area (Å²) in [5.74, 6) is -0.0876. The largest absolute Gasteiger partial charge is 0.354 e. The van der Waals surface area contributed by atoms with Crippen LogP contribution in [0, 0.1) is 6.92 Å². The number of rotatable bonds is 6. The molecule has 1 amide bonds. The van der Waals surface area contributed by atoms with Crippen molar-refractivity contribution in [3.8, 4) is 10.6 Å². The molecule has 3 rings (SSSR count). The molecule has 2 aromatic heterocycles. The van der Waals surface area contributed by atoms with Crippen LogP contribution in [-0.4, -0.2) is 27.2 Å². The molecule has 0 radical (unpaired) electrons. The Balaban J connectivity index is 1.57. The Kier molecular flexibility index (Phi) is 5.35. The van der Waals surface area contributed by atoms with Gasteiger partial charge in [-0.15, -0.1) is 11.3 Å². The number of aryl methyl sites for hydroxylation is 1. The molecule has 1 N–H and O–H groups in total. The average Bonchev–Trinajstić information content (AvgIpc) is 2.98. The third-order valence-electron chi connectivity index (χ3n) is 3.67. The van der Waals surface area contributed by atoms with E-state index in [0.717, 1.165) is 21.1 Å². The molecule has 0 aliphatic rings. The van der Waals surface area contributed by atoms with Gasteiger partial charge >= 0.3 is 0 Å². The molecule has 0 saturated carbocycles. The minimum Gasteiger partial charge on any atom is -0.354 e. The zero-order chi connectivity index (χ0) is 17.6. The Morgan fingerprint density at radius 2 is 2.00 bits per heavy atom. The Hall–Kier alpha value is -2.80. The lowest BCUT2D eigenvalue weighted by molar-refractivity contribution is -0.120.